The molecule has 1 aliphatic heterocycles. The molecule has 2 aromatic rings. The summed E-state index contributed by atoms with van der Waals surface area (Å²) in [5.41, 5.74) is 0.500. The smallest absolute Gasteiger partial charge is 0.326 e. The second-order valence-corrected chi connectivity index (χ2v) is 4.59. The van der Waals surface area contributed by atoms with E-state index in [0.29, 0.717) is 17.3 Å². The molecule has 3 rings (SSSR count). The Morgan fingerprint density at radius 3 is 3.00 bits per heavy atom. The number of aliphatic hydroxyl groups is 1. The van der Waals surface area contributed by atoms with E-state index in [0.717, 1.165) is 0 Å². The van der Waals surface area contributed by atoms with E-state index in [1.807, 2.05) is 0 Å². The Kier molecular flexibility index (Phi) is 2.59. The van der Waals surface area contributed by atoms with Crippen LogP contribution in [0.15, 0.2) is 12.4 Å². The zero-order chi connectivity index (χ0) is 13.6. The van der Waals surface area contributed by atoms with E-state index in [-0.39, 0.29) is 13.0 Å². The average molecular weight is 263 g/mol. The number of anilines is 1. The Labute approximate surface area is 108 Å². The van der Waals surface area contributed by atoms with Gasteiger partial charge in [-0.3, -0.25) is 4.40 Å². The Hall–Kier alpha value is -2.22. The van der Waals surface area contributed by atoms with Crippen LogP contribution in [0.25, 0.3) is 5.65 Å². The number of carboxylic acids is 1. The number of aliphatic carboxylic acids is 1. The highest BCUT2D eigenvalue weighted by Crippen LogP contribution is 2.27. The van der Waals surface area contributed by atoms with Crippen molar-refractivity contribution >= 4 is 17.4 Å². The summed E-state index contributed by atoms with van der Waals surface area (Å²) in [6.45, 7) is 2.03. The first kappa shape index (κ1) is 11.8. The fraction of sp³-hybridized carbons (Fsp3) is 0.455. The summed E-state index contributed by atoms with van der Waals surface area (Å²) < 4.78 is 1.74. The summed E-state index contributed by atoms with van der Waals surface area (Å²) in [5, 5.41) is 26.9. The number of aromatic nitrogens is 4. The number of aliphatic hydroxyl groups excluding tert-OH is 1. The summed E-state index contributed by atoms with van der Waals surface area (Å²) in [4.78, 5) is 17.0. The van der Waals surface area contributed by atoms with Gasteiger partial charge in [-0.15, -0.1) is 10.2 Å². The quantitative estimate of drug-likeness (QED) is 0.749. The minimum absolute atomic E-state index is 0.186. The molecule has 0 spiro atoms. The molecule has 2 unspecified atom stereocenters. The molecule has 0 saturated carbocycles. The van der Waals surface area contributed by atoms with Gasteiger partial charge >= 0.3 is 5.97 Å². The normalized spacial score (nSPS) is 23.2. The van der Waals surface area contributed by atoms with Gasteiger partial charge < -0.3 is 15.1 Å². The van der Waals surface area contributed by atoms with Crippen molar-refractivity contribution in [1.29, 1.82) is 0 Å². The van der Waals surface area contributed by atoms with Crippen LogP contribution in [0.2, 0.25) is 0 Å². The van der Waals surface area contributed by atoms with Crippen molar-refractivity contribution in [2.75, 3.05) is 11.4 Å². The third kappa shape index (κ3) is 1.80. The SMILES string of the molecule is Cc1nnc2c(N3CC(O)CC3C(=O)O)nccn12. The first-order valence-electron chi connectivity index (χ1n) is 5.92. The van der Waals surface area contributed by atoms with E-state index >= 15 is 0 Å². The van der Waals surface area contributed by atoms with Crippen LogP contribution < -0.4 is 4.90 Å². The van der Waals surface area contributed by atoms with Crippen molar-refractivity contribution in [2.45, 2.75) is 25.5 Å². The number of nitrogens with zero attached hydrogens (tertiary/aromatic N) is 5. The topological polar surface area (TPSA) is 104 Å². The van der Waals surface area contributed by atoms with Crippen LogP contribution in [-0.4, -0.2) is 54.5 Å². The molecular formula is C11H13N5O3. The molecule has 100 valence electrons. The molecule has 8 heteroatoms. The fourth-order valence-electron chi connectivity index (χ4n) is 2.41. The third-order valence-electron chi connectivity index (χ3n) is 3.31. The van der Waals surface area contributed by atoms with E-state index in [4.69, 9.17) is 0 Å². The van der Waals surface area contributed by atoms with E-state index < -0.39 is 18.1 Å². The number of β-amino-alcohol motifs (C(OH)–C–C–N with tert-alkyl or cyclic N) is 1. The standard InChI is InChI=1S/C11H13N5O3/c1-6-13-14-10-9(12-2-3-15(6)10)16-5-7(17)4-8(16)11(18)19/h2-3,7-8,17H,4-5H2,1H3,(H,18,19). The second-order valence-electron chi connectivity index (χ2n) is 4.59. The van der Waals surface area contributed by atoms with Crippen LogP contribution in [0.3, 0.4) is 0 Å². The van der Waals surface area contributed by atoms with Gasteiger partial charge in [0, 0.05) is 25.4 Å². The predicted octanol–water partition coefficient (Wildman–Crippen LogP) is -0.543. The lowest BCUT2D eigenvalue weighted by Crippen LogP contribution is -2.36. The summed E-state index contributed by atoms with van der Waals surface area (Å²) in [5.74, 6) is 0.161. The molecule has 2 atom stereocenters. The molecule has 0 bridgehead atoms. The molecular weight excluding hydrogens is 250 g/mol. The molecule has 0 aliphatic carbocycles. The summed E-state index contributed by atoms with van der Waals surface area (Å²) >= 11 is 0. The molecule has 0 amide bonds. The highest BCUT2D eigenvalue weighted by Gasteiger charge is 2.38. The van der Waals surface area contributed by atoms with Gasteiger partial charge in [0.15, 0.2) is 5.82 Å². The molecule has 1 aliphatic rings. The first-order valence-corrected chi connectivity index (χ1v) is 5.92. The zero-order valence-electron chi connectivity index (χ0n) is 10.3. The number of carbonyl (C=O) groups is 1. The minimum atomic E-state index is -0.975. The first-order chi connectivity index (χ1) is 9.08. The van der Waals surface area contributed by atoms with Crippen LogP contribution in [-0.2, 0) is 4.79 Å². The van der Waals surface area contributed by atoms with Gasteiger partial charge in [-0.05, 0) is 6.92 Å². The Balaban J connectivity index is 2.11. The highest BCUT2D eigenvalue weighted by atomic mass is 16.4. The van der Waals surface area contributed by atoms with Crippen molar-refractivity contribution in [3.8, 4) is 0 Å². The Morgan fingerprint density at radius 1 is 1.47 bits per heavy atom. The van der Waals surface area contributed by atoms with Crippen molar-refractivity contribution in [3.05, 3.63) is 18.2 Å². The van der Waals surface area contributed by atoms with Gasteiger partial charge in [0.1, 0.15) is 11.9 Å². The number of aryl methyl sites for hydroxylation is 1. The van der Waals surface area contributed by atoms with Gasteiger partial charge in [-0.1, -0.05) is 0 Å². The summed E-state index contributed by atoms with van der Waals surface area (Å²) in [6, 6.07) is -0.786. The van der Waals surface area contributed by atoms with Gasteiger partial charge in [0.05, 0.1) is 6.10 Å². The number of rotatable bonds is 2. The van der Waals surface area contributed by atoms with E-state index in [1.165, 1.54) is 0 Å². The van der Waals surface area contributed by atoms with Crippen LogP contribution in [0.1, 0.15) is 12.2 Å². The maximum atomic E-state index is 11.2. The van der Waals surface area contributed by atoms with Gasteiger partial charge in [0.2, 0.25) is 5.65 Å². The predicted molar refractivity (Wildman–Crippen MR) is 64.9 cm³/mol. The number of carboxylic acid groups (broad SMARTS) is 1. The van der Waals surface area contributed by atoms with Crippen molar-refractivity contribution in [2.24, 2.45) is 0 Å². The van der Waals surface area contributed by atoms with Crippen molar-refractivity contribution in [1.82, 2.24) is 19.6 Å². The number of fused-ring (bicyclic) bond motifs is 1. The van der Waals surface area contributed by atoms with Crippen LogP contribution >= 0.6 is 0 Å². The lowest BCUT2D eigenvalue weighted by atomic mass is 10.2. The molecule has 19 heavy (non-hydrogen) atoms. The second kappa shape index (κ2) is 4.16. The van der Waals surface area contributed by atoms with Gasteiger partial charge in [-0.25, -0.2) is 9.78 Å². The average Bonchev–Trinajstić information content (AvgIpc) is 2.93. The van der Waals surface area contributed by atoms with Crippen LogP contribution in [0, 0.1) is 6.92 Å². The van der Waals surface area contributed by atoms with E-state index in [9.17, 15) is 15.0 Å². The van der Waals surface area contributed by atoms with Crippen molar-refractivity contribution < 1.29 is 15.0 Å². The summed E-state index contributed by atoms with van der Waals surface area (Å²) in [6.07, 6.45) is 2.80. The number of hydrogen-bond donors (Lipinski definition) is 2. The molecule has 8 nitrogen and oxygen atoms in total. The maximum Gasteiger partial charge on any atom is 0.326 e. The Bertz CT molecular complexity index is 640. The molecule has 2 aromatic heterocycles. The lowest BCUT2D eigenvalue weighted by molar-refractivity contribution is -0.138. The van der Waals surface area contributed by atoms with Crippen LogP contribution in [0.4, 0.5) is 5.82 Å². The summed E-state index contributed by atoms with van der Waals surface area (Å²) in [7, 11) is 0. The monoisotopic (exact) mass is 263 g/mol. The molecule has 3 heterocycles. The molecule has 1 saturated heterocycles. The van der Waals surface area contributed by atoms with E-state index in [2.05, 4.69) is 15.2 Å². The molecule has 2 N–H and O–H groups in total. The highest BCUT2D eigenvalue weighted by molar-refractivity contribution is 5.81. The van der Waals surface area contributed by atoms with Crippen molar-refractivity contribution in [3.63, 3.8) is 0 Å². The van der Waals surface area contributed by atoms with E-state index in [1.54, 1.807) is 28.6 Å². The van der Waals surface area contributed by atoms with Gasteiger partial charge in [-0.2, -0.15) is 0 Å². The largest absolute Gasteiger partial charge is 0.480 e. The zero-order valence-corrected chi connectivity index (χ0v) is 10.3. The Morgan fingerprint density at radius 2 is 2.26 bits per heavy atom. The minimum Gasteiger partial charge on any atom is -0.480 e. The molecule has 1 fully saturated rings. The van der Waals surface area contributed by atoms with Crippen LogP contribution in [0.5, 0.6) is 0 Å². The third-order valence-corrected chi connectivity index (χ3v) is 3.31. The molecule has 0 aromatic carbocycles. The fourth-order valence-corrected chi connectivity index (χ4v) is 2.41. The maximum absolute atomic E-state index is 11.2. The van der Waals surface area contributed by atoms with Gasteiger partial charge in [0.25, 0.3) is 0 Å². The number of hydrogen-bond acceptors (Lipinski definition) is 6. The lowest BCUT2D eigenvalue weighted by Gasteiger charge is -2.22. The molecule has 0 radical (unpaired) electrons.